The van der Waals surface area contributed by atoms with Crippen LogP contribution in [-0.4, -0.2) is 63.9 Å². The highest BCUT2D eigenvalue weighted by Gasteiger charge is 2.30. The Morgan fingerprint density at radius 3 is 2.20 bits per heavy atom. The van der Waals surface area contributed by atoms with Crippen molar-refractivity contribution in [1.82, 2.24) is 9.21 Å². The summed E-state index contributed by atoms with van der Waals surface area (Å²) in [6, 6.07) is 4.55. The lowest BCUT2D eigenvalue weighted by molar-refractivity contribution is -0.133. The van der Waals surface area contributed by atoms with Crippen LogP contribution < -0.4 is 9.47 Å². The molecule has 1 aliphatic heterocycles. The highest BCUT2D eigenvalue weighted by Crippen LogP contribution is 2.30. The maximum absolute atomic E-state index is 12.8. The molecule has 1 fully saturated rings. The fraction of sp³-hybridized carbons (Fsp3) is 0.588. The van der Waals surface area contributed by atoms with E-state index in [1.54, 1.807) is 11.0 Å². The molecule has 7 nitrogen and oxygen atoms in total. The minimum absolute atomic E-state index is 0.0816. The summed E-state index contributed by atoms with van der Waals surface area (Å²) in [5.74, 6) is 1.22. The van der Waals surface area contributed by atoms with Gasteiger partial charge in [0.15, 0.2) is 11.5 Å². The average Bonchev–Trinajstić information content (AvgIpc) is 2.60. The van der Waals surface area contributed by atoms with Crippen LogP contribution in [0.25, 0.3) is 0 Å². The van der Waals surface area contributed by atoms with E-state index in [9.17, 15) is 13.2 Å². The number of piperazine rings is 1. The van der Waals surface area contributed by atoms with E-state index in [1.807, 2.05) is 13.8 Å². The predicted molar refractivity (Wildman–Crippen MR) is 94.3 cm³/mol. The van der Waals surface area contributed by atoms with Crippen molar-refractivity contribution in [2.75, 3.05) is 40.4 Å². The number of hydrogen-bond acceptors (Lipinski definition) is 5. The zero-order chi connectivity index (χ0) is 18.6. The van der Waals surface area contributed by atoms with Crippen LogP contribution in [0.1, 0.15) is 20.3 Å². The standard InChI is InChI=1S/C17H26N2O5S/c1-13(2)11-17(20)18-7-9-19(10-8-18)25(21,22)14-5-6-15(23-3)16(12-14)24-4/h5-6,12-13H,7-11H2,1-4H3. The molecular formula is C17H26N2O5S. The third-order valence-electron chi connectivity index (χ3n) is 4.17. The Labute approximate surface area is 149 Å². The van der Waals surface area contributed by atoms with Gasteiger partial charge in [0.1, 0.15) is 0 Å². The van der Waals surface area contributed by atoms with E-state index in [4.69, 9.17) is 9.47 Å². The lowest BCUT2D eigenvalue weighted by Gasteiger charge is -2.34. The fourth-order valence-electron chi connectivity index (χ4n) is 2.78. The Balaban J connectivity index is 2.10. The molecule has 0 aromatic heterocycles. The molecule has 0 bridgehead atoms. The number of carbonyl (C=O) groups excluding carboxylic acids is 1. The van der Waals surface area contributed by atoms with E-state index < -0.39 is 10.0 Å². The molecule has 8 heteroatoms. The second-order valence-corrected chi connectivity index (χ2v) is 8.34. The monoisotopic (exact) mass is 370 g/mol. The Morgan fingerprint density at radius 2 is 1.68 bits per heavy atom. The van der Waals surface area contributed by atoms with Crippen molar-refractivity contribution in [3.05, 3.63) is 18.2 Å². The van der Waals surface area contributed by atoms with E-state index in [2.05, 4.69) is 0 Å². The second kappa shape index (κ2) is 8.05. The van der Waals surface area contributed by atoms with Gasteiger partial charge in [0.25, 0.3) is 0 Å². The quantitative estimate of drug-likeness (QED) is 0.760. The molecular weight excluding hydrogens is 344 g/mol. The van der Waals surface area contributed by atoms with Gasteiger partial charge in [-0.05, 0) is 18.1 Å². The van der Waals surface area contributed by atoms with E-state index >= 15 is 0 Å². The smallest absolute Gasteiger partial charge is 0.243 e. The summed E-state index contributed by atoms with van der Waals surface area (Å²) < 4.78 is 37.4. The number of ether oxygens (including phenoxy) is 2. The van der Waals surface area contributed by atoms with E-state index in [0.717, 1.165) is 0 Å². The molecule has 2 rings (SSSR count). The largest absolute Gasteiger partial charge is 0.493 e. The number of benzene rings is 1. The highest BCUT2D eigenvalue weighted by atomic mass is 32.2. The molecule has 1 saturated heterocycles. The number of carbonyl (C=O) groups is 1. The summed E-state index contributed by atoms with van der Waals surface area (Å²) in [6.45, 7) is 5.41. The molecule has 0 spiro atoms. The van der Waals surface area contributed by atoms with Gasteiger partial charge < -0.3 is 14.4 Å². The van der Waals surface area contributed by atoms with Crippen molar-refractivity contribution in [2.45, 2.75) is 25.2 Å². The topological polar surface area (TPSA) is 76.2 Å². The molecule has 0 saturated carbocycles. The number of sulfonamides is 1. The van der Waals surface area contributed by atoms with Crippen LogP contribution in [0, 0.1) is 5.92 Å². The Morgan fingerprint density at radius 1 is 1.08 bits per heavy atom. The lowest BCUT2D eigenvalue weighted by atomic mass is 10.1. The number of methoxy groups -OCH3 is 2. The number of hydrogen-bond donors (Lipinski definition) is 0. The van der Waals surface area contributed by atoms with Crippen LogP contribution in [0.5, 0.6) is 11.5 Å². The number of nitrogens with zero attached hydrogens (tertiary/aromatic N) is 2. The van der Waals surface area contributed by atoms with Crippen molar-refractivity contribution in [2.24, 2.45) is 5.92 Å². The first-order valence-electron chi connectivity index (χ1n) is 8.29. The Bertz CT molecular complexity index is 710. The third kappa shape index (κ3) is 4.43. The fourth-order valence-corrected chi connectivity index (χ4v) is 4.22. The van der Waals surface area contributed by atoms with E-state index in [1.165, 1.54) is 30.7 Å². The normalized spacial score (nSPS) is 16.1. The van der Waals surface area contributed by atoms with E-state index in [0.29, 0.717) is 50.0 Å². The van der Waals surface area contributed by atoms with Crippen molar-refractivity contribution in [3.8, 4) is 11.5 Å². The van der Waals surface area contributed by atoms with Gasteiger partial charge in [-0.25, -0.2) is 8.42 Å². The van der Waals surface area contributed by atoms with Gasteiger partial charge in [0, 0.05) is 38.7 Å². The maximum Gasteiger partial charge on any atom is 0.243 e. The van der Waals surface area contributed by atoms with Crippen LogP contribution >= 0.6 is 0 Å². The molecule has 1 amide bonds. The van der Waals surface area contributed by atoms with Crippen molar-refractivity contribution in [3.63, 3.8) is 0 Å². The number of rotatable bonds is 6. The van der Waals surface area contributed by atoms with Crippen molar-refractivity contribution in [1.29, 1.82) is 0 Å². The van der Waals surface area contributed by atoms with Gasteiger partial charge in [-0.1, -0.05) is 13.8 Å². The maximum atomic E-state index is 12.8. The number of amides is 1. The first-order valence-corrected chi connectivity index (χ1v) is 9.73. The van der Waals surface area contributed by atoms with Gasteiger partial charge in [0.2, 0.25) is 15.9 Å². The van der Waals surface area contributed by atoms with E-state index in [-0.39, 0.29) is 10.8 Å². The summed E-state index contributed by atoms with van der Waals surface area (Å²) in [5, 5.41) is 0. The summed E-state index contributed by atoms with van der Waals surface area (Å²) in [6.07, 6.45) is 0.489. The molecule has 1 heterocycles. The molecule has 25 heavy (non-hydrogen) atoms. The predicted octanol–water partition coefficient (Wildman–Crippen LogP) is 1.58. The lowest BCUT2D eigenvalue weighted by Crippen LogP contribution is -2.50. The molecule has 1 aliphatic rings. The Kier molecular flexibility index (Phi) is 6.29. The van der Waals surface area contributed by atoms with Gasteiger partial charge in [-0.15, -0.1) is 0 Å². The van der Waals surface area contributed by atoms with Crippen molar-refractivity contribution >= 4 is 15.9 Å². The van der Waals surface area contributed by atoms with Gasteiger partial charge in [-0.3, -0.25) is 4.79 Å². The molecule has 1 aromatic carbocycles. The Hall–Kier alpha value is -1.80. The molecule has 0 atom stereocenters. The van der Waals surface area contributed by atoms with Crippen LogP contribution in [0.15, 0.2) is 23.1 Å². The zero-order valence-electron chi connectivity index (χ0n) is 15.2. The molecule has 140 valence electrons. The molecule has 0 unspecified atom stereocenters. The minimum atomic E-state index is -3.63. The second-order valence-electron chi connectivity index (χ2n) is 6.40. The molecule has 1 aromatic rings. The summed E-state index contributed by atoms with van der Waals surface area (Å²) in [5.41, 5.74) is 0. The first kappa shape index (κ1) is 19.5. The van der Waals surface area contributed by atoms with Crippen LogP contribution in [-0.2, 0) is 14.8 Å². The van der Waals surface area contributed by atoms with Crippen LogP contribution in [0.2, 0.25) is 0 Å². The zero-order valence-corrected chi connectivity index (χ0v) is 16.0. The summed E-state index contributed by atoms with van der Waals surface area (Å²) in [7, 11) is -0.667. The SMILES string of the molecule is COc1ccc(S(=O)(=O)N2CCN(C(=O)CC(C)C)CC2)cc1OC. The van der Waals surface area contributed by atoms with Crippen LogP contribution in [0.3, 0.4) is 0 Å². The molecule has 0 N–H and O–H groups in total. The summed E-state index contributed by atoms with van der Waals surface area (Å²) in [4.78, 5) is 14.0. The molecule has 0 radical (unpaired) electrons. The first-order chi connectivity index (χ1) is 11.8. The third-order valence-corrected chi connectivity index (χ3v) is 6.06. The molecule has 0 aliphatic carbocycles. The van der Waals surface area contributed by atoms with Crippen molar-refractivity contribution < 1.29 is 22.7 Å². The van der Waals surface area contributed by atoms with Gasteiger partial charge >= 0.3 is 0 Å². The highest BCUT2D eigenvalue weighted by molar-refractivity contribution is 7.89. The van der Waals surface area contributed by atoms with Gasteiger partial charge in [-0.2, -0.15) is 4.31 Å². The summed E-state index contributed by atoms with van der Waals surface area (Å²) >= 11 is 0. The van der Waals surface area contributed by atoms with Gasteiger partial charge in [0.05, 0.1) is 19.1 Å². The minimum Gasteiger partial charge on any atom is -0.493 e. The average molecular weight is 370 g/mol. The van der Waals surface area contributed by atoms with Crippen LogP contribution in [0.4, 0.5) is 0 Å².